The van der Waals surface area contributed by atoms with Gasteiger partial charge in [0, 0.05) is 18.2 Å². The van der Waals surface area contributed by atoms with Crippen molar-refractivity contribution in [3.63, 3.8) is 0 Å². The molecular formula is C15H24N2O3. The summed E-state index contributed by atoms with van der Waals surface area (Å²) in [6, 6.07) is 3.93. The van der Waals surface area contributed by atoms with Gasteiger partial charge in [0.25, 0.3) is 0 Å². The summed E-state index contributed by atoms with van der Waals surface area (Å²) in [5.74, 6) is 2.24. The second-order valence-electron chi connectivity index (χ2n) is 5.18. The van der Waals surface area contributed by atoms with Crippen molar-refractivity contribution in [3.05, 3.63) is 17.7 Å². The van der Waals surface area contributed by atoms with Gasteiger partial charge in [0.05, 0.1) is 32.9 Å². The van der Waals surface area contributed by atoms with E-state index < -0.39 is 0 Å². The summed E-state index contributed by atoms with van der Waals surface area (Å²) < 4.78 is 16.4. The molecule has 0 amide bonds. The lowest BCUT2D eigenvalue weighted by Crippen LogP contribution is -2.44. The Hall–Kier alpha value is -1.46. The van der Waals surface area contributed by atoms with Gasteiger partial charge >= 0.3 is 0 Å². The zero-order valence-corrected chi connectivity index (χ0v) is 12.7. The second kappa shape index (κ2) is 6.33. The summed E-state index contributed by atoms with van der Waals surface area (Å²) >= 11 is 0. The topological polar surface area (TPSA) is 57.0 Å². The molecule has 2 unspecified atom stereocenters. The van der Waals surface area contributed by atoms with Crippen molar-refractivity contribution < 1.29 is 14.2 Å². The van der Waals surface area contributed by atoms with Crippen LogP contribution < -0.4 is 19.9 Å². The number of likely N-dealkylation sites (tertiary alicyclic amines) is 1. The Balaban J connectivity index is 2.52. The summed E-state index contributed by atoms with van der Waals surface area (Å²) in [5, 5.41) is 0. The number of nitrogens with two attached hydrogens (primary N) is 1. The molecule has 1 aromatic carbocycles. The van der Waals surface area contributed by atoms with Crippen molar-refractivity contribution >= 4 is 0 Å². The van der Waals surface area contributed by atoms with Crippen LogP contribution in [0.2, 0.25) is 0 Å². The Morgan fingerprint density at radius 1 is 1.10 bits per heavy atom. The molecule has 0 aromatic heterocycles. The molecule has 1 aliphatic heterocycles. The van der Waals surface area contributed by atoms with Crippen LogP contribution in [0.4, 0.5) is 0 Å². The molecule has 5 nitrogen and oxygen atoms in total. The van der Waals surface area contributed by atoms with Crippen LogP contribution in [0.15, 0.2) is 12.1 Å². The lowest BCUT2D eigenvalue weighted by atomic mass is 9.90. The Labute approximate surface area is 120 Å². The minimum atomic E-state index is 0.0740. The monoisotopic (exact) mass is 280 g/mol. The van der Waals surface area contributed by atoms with Gasteiger partial charge in [0.2, 0.25) is 0 Å². The Bertz CT molecular complexity index is 429. The predicted molar refractivity (Wildman–Crippen MR) is 78.7 cm³/mol. The lowest BCUT2D eigenvalue weighted by Gasteiger charge is -2.38. The third-order valence-electron chi connectivity index (χ3n) is 3.98. The van der Waals surface area contributed by atoms with Crippen molar-refractivity contribution in [1.29, 1.82) is 0 Å². The van der Waals surface area contributed by atoms with Gasteiger partial charge in [-0.2, -0.15) is 0 Å². The van der Waals surface area contributed by atoms with Gasteiger partial charge < -0.3 is 19.9 Å². The highest BCUT2D eigenvalue weighted by Gasteiger charge is 2.33. The number of benzene rings is 1. The summed E-state index contributed by atoms with van der Waals surface area (Å²) in [6.07, 6.45) is 2.13. The second-order valence-corrected chi connectivity index (χ2v) is 5.18. The van der Waals surface area contributed by atoms with Crippen molar-refractivity contribution in [2.24, 2.45) is 5.73 Å². The van der Waals surface area contributed by atoms with E-state index in [0.29, 0.717) is 0 Å². The van der Waals surface area contributed by atoms with Crippen LogP contribution >= 0.6 is 0 Å². The van der Waals surface area contributed by atoms with Crippen LogP contribution in [0, 0.1) is 0 Å². The van der Waals surface area contributed by atoms with E-state index in [2.05, 4.69) is 11.9 Å². The molecule has 5 heteroatoms. The molecule has 1 aliphatic rings. The Morgan fingerprint density at radius 3 is 2.15 bits per heavy atom. The molecule has 0 spiro atoms. The summed E-state index contributed by atoms with van der Waals surface area (Å²) in [4.78, 5) is 2.26. The molecule has 20 heavy (non-hydrogen) atoms. The molecular weight excluding hydrogens is 256 g/mol. The van der Waals surface area contributed by atoms with Crippen molar-refractivity contribution in [2.45, 2.75) is 24.9 Å². The van der Waals surface area contributed by atoms with Gasteiger partial charge in [-0.1, -0.05) is 0 Å². The molecule has 0 saturated carbocycles. The lowest BCUT2D eigenvalue weighted by molar-refractivity contribution is 0.156. The van der Waals surface area contributed by atoms with Crippen LogP contribution in [0.3, 0.4) is 0 Å². The molecule has 1 heterocycles. The van der Waals surface area contributed by atoms with Crippen LogP contribution in [0.1, 0.15) is 24.4 Å². The number of likely N-dealkylation sites (N-methyl/N-ethyl adjacent to an activating group) is 1. The van der Waals surface area contributed by atoms with Gasteiger partial charge in [-0.25, -0.2) is 0 Å². The highest BCUT2D eigenvalue weighted by molar-refractivity contribution is 5.53. The molecule has 112 valence electrons. The highest BCUT2D eigenvalue weighted by atomic mass is 16.5. The predicted octanol–water partition coefficient (Wildman–Crippen LogP) is 1.81. The molecule has 0 aliphatic carbocycles. The van der Waals surface area contributed by atoms with E-state index >= 15 is 0 Å². The van der Waals surface area contributed by atoms with Crippen molar-refractivity contribution in [1.82, 2.24) is 4.90 Å². The van der Waals surface area contributed by atoms with E-state index in [1.807, 2.05) is 12.1 Å². The third kappa shape index (κ3) is 2.69. The van der Waals surface area contributed by atoms with E-state index in [0.717, 1.165) is 42.2 Å². The zero-order chi connectivity index (χ0) is 14.7. The van der Waals surface area contributed by atoms with Crippen LogP contribution in [-0.2, 0) is 0 Å². The SMILES string of the molecule is COc1cc(OC)c(C2C(N)CCCN2C)c(OC)c1. The first-order chi connectivity index (χ1) is 9.62. The summed E-state index contributed by atoms with van der Waals surface area (Å²) in [6.45, 7) is 1.02. The highest BCUT2D eigenvalue weighted by Crippen LogP contribution is 2.43. The summed E-state index contributed by atoms with van der Waals surface area (Å²) in [5.41, 5.74) is 7.34. The number of nitrogens with zero attached hydrogens (tertiary/aromatic N) is 1. The number of hydrogen-bond donors (Lipinski definition) is 1. The molecule has 1 fully saturated rings. The average Bonchev–Trinajstić information content (AvgIpc) is 2.46. The van der Waals surface area contributed by atoms with Crippen molar-refractivity contribution in [3.8, 4) is 17.2 Å². The fourth-order valence-electron chi connectivity index (χ4n) is 2.96. The van der Waals surface area contributed by atoms with Gasteiger partial charge in [0.1, 0.15) is 17.2 Å². The van der Waals surface area contributed by atoms with E-state index in [9.17, 15) is 0 Å². The minimum Gasteiger partial charge on any atom is -0.496 e. The fourth-order valence-corrected chi connectivity index (χ4v) is 2.96. The van der Waals surface area contributed by atoms with Gasteiger partial charge in [-0.15, -0.1) is 0 Å². The number of hydrogen-bond acceptors (Lipinski definition) is 5. The average molecular weight is 280 g/mol. The molecule has 1 saturated heterocycles. The largest absolute Gasteiger partial charge is 0.496 e. The smallest absolute Gasteiger partial charge is 0.131 e. The fraction of sp³-hybridized carbons (Fsp3) is 0.600. The first-order valence-corrected chi connectivity index (χ1v) is 6.88. The quantitative estimate of drug-likeness (QED) is 0.911. The van der Waals surface area contributed by atoms with E-state index in [4.69, 9.17) is 19.9 Å². The van der Waals surface area contributed by atoms with Crippen LogP contribution in [0.25, 0.3) is 0 Å². The maximum Gasteiger partial charge on any atom is 0.131 e. The van der Waals surface area contributed by atoms with E-state index in [1.165, 1.54) is 0 Å². The number of ether oxygens (including phenoxy) is 3. The maximum absolute atomic E-state index is 6.34. The standard InChI is InChI=1S/C15H24N2O3/c1-17-7-5-6-11(16)15(17)14-12(19-3)8-10(18-2)9-13(14)20-4/h8-9,11,15H,5-7,16H2,1-4H3. The maximum atomic E-state index is 6.34. The van der Waals surface area contributed by atoms with Gasteiger partial charge in [0.15, 0.2) is 0 Å². The first kappa shape index (κ1) is 14.9. The summed E-state index contributed by atoms with van der Waals surface area (Å²) in [7, 11) is 7.04. The normalized spacial score (nSPS) is 23.4. The van der Waals surface area contributed by atoms with Crippen molar-refractivity contribution in [2.75, 3.05) is 34.9 Å². The molecule has 1 aromatic rings. The zero-order valence-electron chi connectivity index (χ0n) is 12.7. The molecule has 2 N–H and O–H groups in total. The van der Waals surface area contributed by atoms with Crippen LogP contribution in [0.5, 0.6) is 17.2 Å². The third-order valence-corrected chi connectivity index (χ3v) is 3.98. The Kier molecular flexibility index (Phi) is 4.73. The Morgan fingerprint density at radius 2 is 1.70 bits per heavy atom. The molecule has 0 radical (unpaired) electrons. The number of piperidine rings is 1. The number of rotatable bonds is 4. The molecule has 2 atom stereocenters. The first-order valence-electron chi connectivity index (χ1n) is 6.88. The minimum absolute atomic E-state index is 0.0740. The van der Waals surface area contributed by atoms with Crippen LogP contribution in [-0.4, -0.2) is 45.9 Å². The molecule has 2 rings (SSSR count). The van der Waals surface area contributed by atoms with E-state index in [-0.39, 0.29) is 12.1 Å². The van der Waals surface area contributed by atoms with Gasteiger partial charge in [-0.05, 0) is 26.4 Å². The van der Waals surface area contributed by atoms with E-state index in [1.54, 1.807) is 21.3 Å². The van der Waals surface area contributed by atoms with Gasteiger partial charge in [-0.3, -0.25) is 4.90 Å². The number of methoxy groups -OCH3 is 3. The molecule has 0 bridgehead atoms.